The lowest BCUT2D eigenvalue weighted by molar-refractivity contribution is 0.232. The van der Waals surface area contributed by atoms with Crippen LogP contribution in [0.2, 0.25) is 0 Å². The molecule has 0 atom stereocenters. The summed E-state index contributed by atoms with van der Waals surface area (Å²) in [5.41, 5.74) is 1.10. The molecule has 1 heterocycles. The Morgan fingerprint density at radius 1 is 1.00 bits per heavy atom. The molecule has 7 heteroatoms. The first kappa shape index (κ1) is 22.5. The molecule has 3 aromatic rings. The number of halogens is 2. The van der Waals surface area contributed by atoms with Crippen molar-refractivity contribution in [1.29, 1.82) is 0 Å². The van der Waals surface area contributed by atoms with Crippen LogP contribution in [0.25, 0.3) is 0 Å². The Bertz CT molecular complexity index is 979. The zero-order valence-corrected chi connectivity index (χ0v) is 18.0. The van der Waals surface area contributed by atoms with Gasteiger partial charge in [0, 0.05) is 12.6 Å². The highest BCUT2D eigenvalue weighted by atomic mass is 19.1. The van der Waals surface area contributed by atoms with E-state index >= 15 is 0 Å². The summed E-state index contributed by atoms with van der Waals surface area (Å²) in [6.45, 7) is 5.08. The molecular formula is C24H27F2N3O2. The van der Waals surface area contributed by atoms with Crippen molar-refractivity contribution < 1.29 is 18.3 Å². The van der Waals surface area contributed by atoms with Gasteiger partial charge in [0.15, 0.2) is 5.82 Å². The maximum atomic E-state index is 14.7. The molecule has 0 saturated heterocycles. The standard InChI is InChI=1S/C24H27F2N3O2/c1-4-17(5-2)16-31-24-14-27-13-23(28-24)29(22-11-8-19(25)12-21(22)26)15-18-6-9-20(30-3)10-7-18/h6-14,17H,4-5,15-16H2,1-3H3. The fraction of sp³-hybridized carbons (Fsp3) is 0.333. The van der Waals surface area contributed by atoms with E-state index < -0.39 is 11.6 Å². The van der Waals surface area contributed by atoms with Gasteiger partial charge in [-0.3, -0.25) is 4.98 Å². The van der Waals surface area contributed by atoms with Crippen LogP contribution in [-0.4, -0.2) is 23.7 Å². The molecule has 0 aliphatic heterocycles. The molecule has 0 radical (unpaired) electrons. The molecule has 2 aromatic carbocycles. The van der Waals surface area contributed by atoms with Crippen molar-refractivity contribution in [3.8, 4) is 11.6 Å². The van der Waals surface area contributed by atoms with E-state index in [1.54, 1.807) is 18.2 Å². The normalized spacial score (nSPS) is 10.9. The van der Waals surface area contributed by atoms with E-state index in [9.17, 15) is 8.78 Å². The SMILES string of the molecule is CCC(CC)COc1cncc(N(Cc2ccc(OC)cc2)c2ccc(F)cc2F)n1. The summed E-state index contributed by atoms with van der Waals surface area (Å²) < 4.78 is 39.2. The van der Waals surface area contributed by atoms with Crippen molar-refractivity contribution in [2.24, 2.45) is 5.92 Å². The number of hydrogen-bond acceptors (Lipinski definition) is 5. The van der Waals surface area contributed by atoms with Gasteiger partial charge in [-0.25, -0.2) is 8.78 Å². The first-order valence-corrected chi connectivity index (χ1v) is 10.3. The lowest BCUT2D eigenvalue weighted by Crippen LogP contribution is -2.20. The molecule has 0 aliphatic rings. The average molecular weight is 427 g/mol. The molecule has 31 heavy (non-hydrogen) atoms. The average Bonchev–Trinajstić information content (AvgIpc) is 2.79. The number of methoxy groups -OCH3 is 1. The third-order valence-corrected chi connectivity index (χ3v) is 5.20. The second kappa shape index (κ2) is 10.7. The van der Waals surface area contributed by atoms with Crippen molar-refractivity contribution in [2.45, 2.75) is 33.2 Å². The Morgan fingerprint density at radius 3 is 2.39 bits per heavy atom. The van der Waals surface area contributed by atoms with E-state index in [2.05, 4.69) is 23.8 Å². The molecule has 0 bridgehead atoms. The predicted molar refractivity (Wildman–Crippen MR) is 117 cm³/mol. The quantitative estimate of drug-likeness (QED) is 0.402. The number of rotatable bonds is 10. The molecular weight excluding hydrogens is 400 g/mol. The van der Waals surface area contributed by atoms with Gasteiger partial charge in [-0.15, -0.1) is 0 Å². The van der Waals surface area contributed by atoms with E-state index in [-0.39, 0.29) is 5.69 Å². The molecule has 3 rings (SSSR count). The van der Waals surface area contributed by atoms with Gasteiger partial charge < -0.3 is 14.4 Å². The van der Waals surface area contributed by atoms with Gasteiger partial charge in [0.1, 0.15) is 17.4 Å². The minimum absolute atomic E-state index is 0.198. The molecule has 0 fully saturated rings. The summed E-state index contributed by atoms with van der Waals surface area (Å²) in [6.07, 6.45) is 5.09. The van der Waals surface area contributed by atoms with Crippen molar-refractivity contribution >= 4 is 11.5 Å². The van der Waals surface area contributed by atoms with Gasteiger partial charge in [-0.05, 0) is 35.7 Å². The zero-order chi connectivity index (χ0) is 22.2. The van der Waals surface area contributed by atoms with Crippen LogP contribution in [0.4, 0.5) is 20.3 Å². The Morgan fingerprint density at radius 2 is 1.74 bits per heavy atom. The topological polar surface area (TPSA) is 47.5 Å². The van der Waals surface area contributed by atoms with Crippen molar-refractivity contribution in [2.75, 3.05) is 18.6 Å². The molecule has 0 amide bonds. The lowest BCUT2D eigenvalue weighted by Gasteiger charge is -2.25. The Kier molecular flexibility index (Phi) is 7.76. The number of nitrogens with zero attached hydrogens (tertiary/aromatic N) is 3. The summed E-state index contributed by atoms with van der Waals surface area (Å²) in [5, 5.41) is 0. The van der Waals surface area contributed by atoms with Crippen LogP contribution >= 0.6 is 0 Å². The highest BCUT2D eigenvalue weighted by molar-refractivity contribution is 5.60. The highest BCUT2D eigenvalue weighted by Crippen LogP contribution is 2.30. The monoisotopic (exact) mass is 427 g/mol. The smallest absolute Gasteiger partial charge is 0.234 e. The number of anilines is 2. The third kappa shape index (κ3) is 5.90. The van der Waals surface area contributed by atoms with Gasteiger partial charge >= 0.3 is 0 Å². The predicted octanol–water partition coefficient (Wildman–Crippen LogP) is 5.92. The van der Waals surface area contributed by atoms with Crippen LogP contribution in [0.1, 0.15) is 32.3 Å². The zero-order valence-electron chi connectivity index (χ0n) is 18.0. The Balaban J connectivity index is 1.92. The third-order valence-electron chi connectivity index (χ3n) is 5.20. The van der Waals surface area contributed by atoms with Gasteiger partial charge in [0.2, 0.25) is 5.88 Å². The van der Waals surface area contributed by atoms with E-state index in [4.69, 9.17) is 9.47 Å². The van der Waals surface area contributed by atoms with Crippen LogP contribution in [0.3, 0.4) is 0 Å². The summed E-state index contributed by atoms with van der Waals surface area (Å²) in [4.78, 5) is 10.4. The lowest BCUT2D eigenvalue weighted by atomic mass is 10.1. The fourth-order valence-corrected chi connectivity index (χ4v) is 3.17. The number of ether oxygens (including phenoxy) is 2. The molecule has 0 spiro atoms. The number of benzene rings is 2. The second-order valence-electron chi connectivity index (χ2n) is 7.24. The van der Waals surface area contributed by atoms with Crippen LogP contribution in [-0.2, 0) is 6.54 Å². The number of aromatic nitrogens is 2. The molecule has 1 aromatic heterocycles. The first-order chi connectivity index (χ1) is 15.0. The second-order valence-corrected chi connectivity index (χ2v) is 7.24. The Hall–Kier alpha value is -3.22. The van der Waals surface area contributed by atoms with Gasteiger partial charge in [0.25, 0.3) is 0 Å². The van der Waals surface area contributed by atoms with Crippen molar-refractivity contribution in [1.82, 2.24) is 9.97 Å². The van der Waals surface area contributed by atoms with E-state index in [1.807, 2.05) is 24.3 Å². The van der Waals surface area contributed by atoms with E-state index in [1.165, 1.54) is 18.3 Å². The van der Waals surface area contributed by atoms with Crippen LogP contribution in [0.15, 0.2) is 54.9 Å². The van der Waals surface area contributed by atoms with Crippen molar-refractivity contribution in [3.05, 3.63) is 72.1 Å². The largest absolute Gasteiger partial charge is 0.497 e. The van der Waals surface area contributed by atoms with E-state index in [0.29, 0.717) is 30.8 Å². The fourth-order valence-electron chi connectivity index (χ4n) is 3.17. The Labute approximate surface area is 181 Å². The van der Waals surface area contributed by atoms with Crippen molar-refractivity contribution in [3.63, 3.8) is 0 Å². The minimum atomic E-state index is -0.682. The summed E-state index contributed by atoms with van der Waals surface area (Å²) in [5.74, 6) is 0.600. The summed E-state index contributed by atoms with van der Waals surface area (Å²) in [7, 11) is 1.60. The maximum Gasteiger partial charge on any atom is 0.234 e. The van der Waals surface area contributed by atoms with Crippen LogP contribution in [0.5, 0.6) is 11.6 Å². The van der Waals surface area contributed by atoms with Gasteiger partial charge in [-0.2, -0.15) is 4.98 Å². The maximum absolute atomic E-state index is 14.7. The summed E-state index contributed by atoms with van der Waals surface area (Å²) in [6, 6.07) is 10.9. The van der Waals surface area contributed by atoms with Gasteiger partial charge in [0.05, 0.1) is 31.8 Å². The number of hydrogen-bond donors (Lipinski definition) is 0. The van der Waals surface area contributed by atoms with E-state index in [0.717, 1.165) is 30.2 Å². The highest BCUT2D eigenvalue weighted by Gasteiger charge is 2.18. The molecule has 0 N–H and O–H groups in total. The first-order valence-electron chi connectivity index (χ1n) is 10.3. The molecule has 0 aliphatic carbocycles. The minimum Gasteiger partial charge on any atom is -0.497 e. The molecule has 0 saturated carbocycles. The van der Waals surface area contributed by atoms with Crippen LogP contribution in [0, 0.1) is 17.6 Å². The van der Waals surface area contributed by atoms with Crippen LogP contribution < -0.4 is 14.4 Å². The van der Waals surface area contributed by atoms with Gasteiger partial charge in [-0.1, -0.05) is 38.8 Å². The molecule has 0 unspecified atom stereocenters. The molecule has 5 nitrogen and oxygen atoms in total. The molecule has 164 valence electrons. The summed E-state index contributed by atoms with van der Waals surface area (Å²) >= 11 is 0.